The molecule has 0 bridgehead atoms. The Morgan fingerprint density at radius 1 is 1.60 bits per heavy atom. The highest BCUT2D eigenvalue weighted by atomic mass is 32.2. The molecule has 5 nitrogen and oxygen atoms in total. The number of rotatable bonds is 3. The topological polar surface area (TPSA) is 74.5 Å². The van der Waals surface area contributed by atoms with Crippen LogP contribution in [0, 0.1) is 0 Å². The summed E-state index contributed by atoms with van der Waals surface area (Å²) >= 11 is 1.73. The Morgan fingerprint density at radius 3 is 3.30 bits per heavy atom. The summed E-state index contributed by atoms with van der Waals surface area (Å²) in [5.41, 5.74) is 0.344. The molecule has 2 heterocycles. The number of hydrogen-bond donors (Lipinski definition) is 3. The smallest absolute Gasteiger partial charge is 0.315 e. The van der Waals surface area contributed by atoms with Gasteiger partial charge >= 0.3 is 6.03 Å². The molecule has 1 aliphatic carbocycles. The molecule has 0 spiro atoms. The number of furan rings is 1. The molecule has 3 N–H and O–H groups in total. The molecule has 2 aliphatic rings. The van der Waals surface area contributed by atoms with Crippen molar-refractivity contribution >= 4 is 17.8 Å². The Balaban J connectivity index is 1.52. The first-order valence-corrected chi connectivity index (χ1v) is 8.22. The molecule has 2 atom stereocenters. The molecule has 1 aromatic heterocycles. The highest BCUT2D eigenvalue weighted by Crippen LogP contribution is 2.30. The van der Waals surface area contributed by atoms with Crippen molar-refractivity contribution in [2.24, 2.45) is 0 Å². The number of aliphatic hydroxyl groups is 1. The molecule has 0 aromatic carbocycles. The number of aryl methyl sites for hydroxylation is 1. The van der Waals surface area contributed by atoms with Gasteiger partial charge in [0.05, 0.1) is 17.9 Å². The lowest BCUT2D eigenvalue weighted by atomic mass is 9.93. The number of thioether (sulfide) groups is 1. The maximum atomic E-state index is 12.0. The molecule has 0 radical (unpaired) electrons. The van der Waals surface area contributed by atoms with Crippen molar-refractivity contribution in [2.45, 2.75) is 37.3 Å². The lowest BCUT2D eigenvalue weighted by Gasteiger charge is -2.25. The van der Waals surface area contributed by atoms with Gasteiger partial charge in [-0.15, -0.1) is 0 Å². The van der Waals surface area contributed by atoms with Crippen molar-refractivity contribution in [1.82, 2.24) is 10.6 Å². The maximum Gasteiger partial charge on any atom is 0.315 e. The molecule has 1 fully saturated rings. The number of nitrogens with one attached hydrogen (secondary N) is 2. The number of carbonyl (C=O) groups is 1. The van der Waals surface area contributed by atoms with Crippen molar-refractivity contribution in [3.05, 3.63) is 23.7 Å². The van der Waals surface area contributed by atoms with E-state index in [9.17, 15) is 9.90 Å². The number of fused-ring (bicyclic) bond motifs is 1. The predicted octanol–water partition coefficient (Wildman–Crippen LogP) is 1.82. The molecule has 2 unspecified atom stereocenters. The molecular weight excluding hydrogens is 276 g/mol. The summed E-state index contributed by atoms with van der Waals surface area (Å²) < 4.78 is 5.41. The first-order chi connectivity index (χ1) is 9.66. The molecule has 1 aliphatic heterocycles. The van der Waals surface area contributed by atoms with E-state index in [0.717, 1.165) is 42.8 Å². The Labute approximate surface area is 122 Å². The second-order valence-corrected chi connectivity index (χ2v) is 6.70. The highest BCUT2D eigenvalue weighted by molar-refractivity contribution is 7.99. The molecule has 110 valence electrons. The van der Waals surface area contributed by atoms with Crippen molar-refractivity contribution in [1.29, 1.82) is 0 Å². The van der Waals surface area contributed by atoms with Gasteiger partial charge in [-0.1, -0.05) is 0 Å². The van der Waals surface area contributed by atoms with E-state index in [1.54, 1.807) is 18.0 Å². The van der Waals surface area contributed by atoms with E-state index in [1.165, 1.54) is 0 Å². The normalized spacial score (nSPS) is 28.9. The summed E-state index contributed by atoms with van der Waals surface area (Å²) in [5.74, 6) is 2.64. The summed E-state index contributed by atoms with van der Waals surface area (Å²) in [5, 5.41) is 16.0. The minimum Gasteiger partial charge on any atom is -0.469 e. The first-order valence-electron chi connectivity index (χ1n) is 7.07. The van der Waals surface area contributed by atoms with Crippen LogP contribution in [0.15, 0.2) is 16.7 Å². The van der Waals surface area contributed by atoms with Gasteiger partial charge in [-0.2, -0.15) is 11.8 Å². The summed E-state index contributed by atoms with van der Waals surface area (Å²) in [6.45, 7) is 0.316. The van der Waals surface area contributed by atoms with Crippen molar-refractivity contribution < 1.29 is 14.3 Å². The van der Waals surface area contributed by atoms with Crippen molar-refractivity contribution in [3.8, 4) is 0 Å². The zero-order chi connectivity index (χ0) is 14.0. The van der Waals surface area contributed by atoms with E-state index < -0.39 is 5.60 Å². The molecule has 1 saturated heterocycles. The number of urea groups is 1. The SMILES string of the molecule is O=C(NCC1(O)CCSC1)NC1CCCc2occc21. The lowest BCUT2D eigenvalue weighted by molar-refractivity contribution is 0.0698. The Hall–Kier alpha value is -1.14. The second kappa shape index (κ2) is 5.69. The number of hydrogen-bond acceptors (Lipinski definition) is 4. The van der Waals surface area contributed by atoms with E-state index in [0.29, 0.717) is 12.3 Å². The molecule has 6 heteroatoms. The van der Waals surface area contributed by atoms with Crippen LogP contribution < -0.4 is 10.6 Å². The van der Waals surface area contributed by atoms with Crippen LogP contribution >= 0.6 is 11.8 Å². The maximum absolute atomic E-state index is 12.0. The van der Waals surface area contributed by atoms with Crippen LogP contribution in [0.4, 0.5) is 4.79 Å². The van der Waals surface area contributed by atoms with Gasteiger partial charge in [0.25, 0.3) is 0 Å². The quantitative estimate of drug-likeness (QED) is 0.795. The van der Waals surface area contributed by atoms with Gasteiger partial charge in [-0.05, 0) is 31.1 Å². The average Bonchev–Trinajstić information content (AvgIpc) is 3.06. The molecular formula is C14H20N2O3S. The van der Waals surface area contributed by atoms with Gasteiger partial charge in [0, 0.05) is 24.3 Å². The summed E-state index contributed by atoms with van der Waals surface area (Å²) in [4.78, 5) is 12.0. The van der Waals surface area contributed by atoms with E-state index in [1.807, 2.05) is 6.07 Å². The van der Waals surface area contributed by atoms with Crippen LogP contribution in [0.3, 0.4) is 0 Å². The predicted molar refractivity (Wildman–Crippen MR) is 77.8 cm³/mol. The summed E-state index contributed by atoms with van der Waals surface area (Å²) in [7, 11) is 0. The largest absolute Gasteiger partial charge is 0.469 e. The number of carbonyl (C=O) groups excluding carboxylic acids is 1. The zero-order valence-corrected chi connectivity index (χ0v) is 12.2. The third-order valence-electron chi connectivity index (χ3n) is 4.02. The van der Waals surface area contributed by atoms with Crippen molar-refractivity contribution in [3.63, 3.8) is 0 Å². The number of amides is 2. The molecule has 2 amide bonds. The Bertz CT molecular complexity index is 483. The molecule has 20 heavy (non-hydrogen) atoms. The molecule has 1 aromatic rings. The Morgan fingerprint density at radius 2 is 2.50 bits per heavy atom. The van der Waals surface area contributed by atoms with E-state index in [2.05, 4.69) is 10.6 Å². The molecule has 0 saturated carbocycles. The van der Waals surface area contributed by atoms with Crippen molar-refractivity contribution in [2.75, 3.05) is 18.1 Å². The summed E-state index contributed by atoms with van der Waals surface area (Å²) in [6, 6.07) is 1.74. The van der Waals surface area contributed by atoms with Crippen LogP contribution in [0.1, 0.15) is 36.6 Å². The van der Waals surface area contributed by atoms with Crippen LogP contribution in [0.5, 0.6) is 0 Å². The lowest BCUT2D eigenvalue weighted by Crippen LogP contribution is -2.47. The van der Waals surface area contributed by atoms with Crippen LogP contribution in [-0.2, 0) is 6.42 Å². The highest BCUT2D eigenvalue weighted by Gasteiger charge is 2.32. The van der Waals surface area contributed by atoms with E-state index >= 15 is 0 Å². The fraction of sp³-hybridized carbons (Fsp3) is 0.643. The van der Waals surface area contributed by atoms with Crippen LogP contribution in [-0.4, -0.2) is 34.8 Å². The monoisotopic (exact) mass is 296 g/mol. The standard InChI is InChI=1S/C14H20N2O3S/c17-13(15-8-14(18)5-7-20-9-14)16-11-2-1-3-12-10(11)4-6-19-12/h4,6,11,18H,1-3,5,7-9H2,(H2,15,16,17). The third-order valence-corrected chi connectivity index (χ3v) is 5.25. The van der Waals surface area contributed by atoms with Crippen LogP contribution in [0.2, 0.25) is 0 Å². The van der Waals surface area contributed by atoms with E-state index in [-0.39, 0.29) is 12.1 Å². The second-order valence-electron chi connectivity index (χ2n) is 5.60. The van der Waals surface area contributed by atoms with E-state index in [4.69, 9.17) is 4.42 Å². The van der Waals surface area contributed by atoms with Gasteiger partial charge in [0.2, 0.25) is 0 Å². The zero-order valence-electron chi connectivity index (χ0n) is 11.4. The first kappa shape index (κ1) is 13.8. The summed E-state index contributed by atoms with van der Waals surface area (Å²) in [6.07, 6.45) is 5.32. The van der Waals surface area contributed by atoms with Gasteiger partial charge in [-0.3, -0.25) is 0 Å². The average molecular weight is 296 g/mol. The third kappa shape index (κ3) is 2.96. The Kier molecular flexibility index (Phi) is 3.94. The minimum atomic E-state index is -0.741. The van der Waals surface area contributed by atoms with Gasteiger partial charge in [0.15, 0.2) is 0 Å². The molecule has 3 rings (SSSR count). The minimum absolute atomic E-state index is 0.0186. The van der Waals surface area contributed by atoms with Gasteiger partial charge in [0.1, 0.15) is 5.76 Å². The fourth-order valence-corrected chi connectivity index (χ4v) is 4.12. The van der Waals surface area contributed by atoms with Gasteiger partial charge in [-0.25, -0.2) is 4.79 Å². The van der Waals surface area contributed by atoms with Crippen LogP contribution in [0.25, 0.3) is 0 Å². The van der Waals surface area contributed by atoms with Gasteiger partial charge < -0.3 is 20.2 Å². The fourth-order valence-electron chi connectivity index (χ4n) is 2.83.